The molecule has 0 fully saturated rings. The highest BCUT2D eigenvalue weighted by Crippen LogP contribution is 2.27. The molecule has 0 spiro atoms. The number of nitrogens with zero attached hydrogens (tertiary/aromatic N) is 1. The summed E-state index contributed by atoms with van der Waals surface area (Å²) in [6, 6.07) is 4.19. The van der Waals surface area contributed by atoms with Gasteiger partial charge in [-0.25, -0.2) is 0 Å². The van der Waals surface area contributed by atoms with Crippen LogP contribution in [0.3, 0.4) is 0 Å². The number of rotatable bonds is 2. The summed E-state index contributed by atoms with van der Waals surface area (Å²) in [7, 11) is 0. The van der Waals surface area contributed by atoms with Crippen LogP contribution in [0.25, 0.3) is 0 Å². The van der Waals surface area contributed by atoms with E-state index < -0.39 is 25.2 Å². The van der Waals surface area contributed by atoms with Gasteiger partial charge in [0.1, 0.15) is 0 Å². The summed E-state index contributed by atoms with van der Waals surface area (Å²) in [4.78, 5) is 23.5. The number of fused-ring (bicyclic) bond motifs is 1. The Balaban J connectivity index is 2.39. The first-order chi connectivity index (χ1) is 7.79. The van der Waals surface area contributed by atoms with Crippen molar-refractivity contribution < 1.29 is 22.5 Å². The number of hydrogen-bond donors (Lipinski definition) is 0. The van der Waals surface area contributed by atoms with Crippen LogP contribution in [0.15, 0.2) is 22.7 Å². The molecule has 3 nitrogen and oxygen atoms in total. The molecule has 0 bridgehead atoms. The van der Waals surface area contributed by atoms with E-state index >= 15 is 0 Å². The fourth-order valence-corrected chi connectivity index (χ4v) is 2.00. The highest BCUT2D eigenvalue weighted by atomic mass is 79.9. The van der Waals surface area contributed by atoms with Crippen LogP contribution in [0.2, 0.25) is 0 Å². The molecule has 1 aliphatic heterocycles. The van der Waals surface area contributed by atoms with Crippen LogP contribution in [0, 0.1) is 0 Å². The Bertz CT molecular complexity index is 517. The minimum atomic E-state index is -5.22. The molecule has 1 aromatic carbocycles. The summed E-state index contributed by atoms with van der Waals surface area (Å²) < 4.78 is 37.3. The van der Waals surface area contributed by atoms with Gasteiger partial charge in [-0.3, -0.25) is 9.59 Å². The molecule has 2 amide bonds. The first-order valence-electron chi connectivity index (χ1n) is 4.66. The molecule has 1 aromatic rings. The van der Waals surface area contributed by atoms with E-state index in [1.165, 1.54) is 18.2 Å². The maximum atomic E-state index is 12.3. The molecule has 0 aliphatic carbocycles. The van der Waals surface area contributed by atoms with E-state index in [0.717, 1.165) is 0 Å². The minimum Gasteiger partial charge on any atom is -0.448 e. The van der Waals surface area contributed by atoms with Gasteiger partial charge in [0.25, 0.3) is 11.8 Å². The molecular weight excluding hydrogens is 302 g/mol. The van der Waals surface area contributed by atoms with Crippen LogP contribution in [0.5, 0.6) is 0 Å². The fourth-order valence-electron chi connectivity index (χ4n) is 1.64. The zero-order valence-corrected chi connectivity index (χ0v) is 9.88. The van der Waals surface area contributed by atoms with Gasteiger partial charge in [0.2, 0.25) is 0 Å². The van der Waals surface area contributed by atoms with Crippen LogP contribution in [0.4, 0.5) is 12.9 Å². The largest absolute Gasteiger partial charge is 0.497 e. The van der Waals surface area contributed by atoms with Gasteiger partial charge >= 0.3 is 6.98 Å². The zero-order chi connectivity index (χ0) is 12.8. The number of amides is 2. The molecule has 0 saturated carbocycles. The summed E-state index contributed by atoms with van der Waals surface area (Å²) in [6.45, 7) is -5.22. The molecule has 0 N–H and O–H groups in total. The Labute approximate surface area is 103 Å². The van der Waals surface area contributed by atoms with Gasteiger partial charge in [0.15, 0.2) is 0 Å². The second-order valence-electron chi connectivity index (χ2n) is 3.62. The van der Waals surface area contributed by atoms with Crippen molar-refractivity contribution in [1.29, 1.82) is 0 Å². The molecule has 0 saturated heterocycles. The van der Waals surface area contributed by atoms with Gasteiger partial charge in [-0.2, -0.15) is 0 Å². The fraction of sp³-hybridized carbons (Fsp3) is 0.111. The average molecular weight is 307 g/mol. The van der Waals surface area contributed by atoms with E-state index in [1.54, 1.807) is 0 Å². The summed E-state index contributed by atoms with van der Waals surface area (Å²) >= 11 is 3.09. The van der Waals surface area contributed by atoms with Crippen LogP contribution in [-0.2, 0) is 0 Å². The number of carbonyl (C=O) groups is 2. The highest BCUT2D eigenvalue weighted by Gasteiger charge is 2.40. The van der Waals surface area contributed by atoms with Gasteiger partial charge < -0.3 is 17.8 Å². The van der Waals surface area contributed by atoms with Crippen molar-refractivity contribution in [2.75, 3.05) is 6.44 Å². The lowest BCUT2D eigenvalue weighted by molar-refractivity contribution is 0.0665. The molecule has 0 unspecified atom stereocenters. The molecule has 2 rings (SSSR count). The summed E-state index contributed by atoms with van der Waals surface area (Å²) in [6.07, 6.45) is -1.50. The Morgan fingerprint density at radius 1 is 1.12 bits per heavy atom. The molecule has 0 aromatic heterocycles. The Morgan fingerprint density at radius 3 is 2.29 bits per heavy atom. The van der Waals surface area contributed by atoms with Crippen molar-refractivity contribution in [3.05, 3.63) is 33.8 Å². The number of benzene rings is 1. The van der Waals surface area contributed by atoms with Crippen molar-refractivity contribution in [3.63, 3.8) is 0 Å². The number of carbonyl (C=O) groups excluding carboxylic acids is 2. The van der Waals surface area contributed by atoms with E-state index in [2.05, 4.69) is 15.9 Å². The molecule has 0 atom stereocenters. The normalized spacial score (nSPS) is 15.4. The topological polar surface area (TPSA) is 37.4 Å². The van der Waals surface area contributed by atoms with E-state index in [0.29, 0.717) is 4.47 Å². The Kier molecular flexibility index (Phi) is 2.77. The van der Waals surface area contributed by atoms with Gasteiger partial charge in [-0.05, 0) is 24.6 Å². The molecule has 1 heterocycles. The second kappa shape index (κ2) is 3.87. The first-order valence-corrected chi connectivity index (χ1v) is 5.45. The zero-order valence-electron chi connectivity index (χ0n) is 8.29. The van der Waals surface area contributed by atoms with Crippen molar-refractivity contribution in [2.24, 2.45) is 0 Å². The van der Waals surface area contributed by atoms with Crippen molar-refractivity contribution in [3.8, 4) is 0 Å². The monoisotopic (exact) mass is 306 g/mol. The standard InChI is InChI=1S/C9H5BBrF3NO2/c11-5-1-2-6-7(3-5)9(17)15(8(6)16)4-10(12,13)14/h1-3H,4H2/q-1. The van der Waals surface area contributed by atoms with Crippen molar-refractivity contribution in [1.82, 2.24) is 4.90 Å². The SMILES string of the molecule is O=C1c2ccc(Br)cc2C(=O)N1C[B-](F)(F)F. The quantitative estimate of drug-likeness (QED) is 0.621. The van der Waals surface area contributed by atoms with Crippen LogP contribution < -0.4 is 0 Å². The van der Waals surface area contributed by atoms with Crippen LogP contribution in [0.1, 0.15) is 20.7 Å². The molecular formula is C9H5BBrF3NO2-. The predicted molar refractivity (Wildman–Crippen MR) is 58.6 cm³/mol. The lowest BCUT2D eigenvalue weighted by Gasteiger charge is -2.21. The second-order valence-corrected chi connectivity index (χ2v) is 4.54. The molecule has 90 valence electrons. The number of halogens is 4. The van der Waals surface area contributed by atoms with Gasteiger partial charge in [-0.1, -0.05) is 15.9 Å². The number of imide groups is 1. The van der Waals surface area contributed by atoms with E-state index in [4.69, 9.17) is 0 Å². The van der Waals surface area contributed by atoms with E-state index in [1.807, 2.05) is 0 Å². The first kappa shape index (κ1) is 12.2. The molecule has 1 aliphatic rings. The summed E-state index contributed by atoms with van der Waals surface area (Å²) in [5.74, 6) is -1.79. The molecule has 8 heteroatoms. The third-order valence-electron chi connectivity index (χ3n) is 2.32. The summed E-state index contributed by atoms with van der Waals surface area (Å²) in [5.41, 5.74) is 0.0164. The van der Waals surface area contributed by atoms with Gasteiger partial charge in [0, 0.05) is 4.47 Å². The Hall–Kier alpha value is -1.31. The minimum absolute atomic E-state index is 0.00410. The lowest BCUT2D eigenvalue weighted by Crippen LogP contribution is -2.41. The lowest BCUT2D eigenvalue weighted by atomic mass is 9.91. The van der Waals surface area contributed by atoms with Crippen LogP contribution >= 0.6 is 15.9 Å². The Morgan fingerprint density at radius 2 is 1.71 bits per heavy atom. The van der Waals surface area contributed by atoms with Gasteiger partial charge in [-0.15, -0.1) is 0 Å². The van der Waals surface area contributed by atoms with Crippen molar-refractivity contribution in [2.45, 2.75) is 0 Å². The maximum absolute atomic E-state index is 12.3. The highest BCUT2D eigenvalue weighted by molar-refractivity contribution is 9.10. The van der Waals surface area contributed by atoms with Gasteiger partial charge in [0.05, 0.1) is 11.1 Å². The van der Waals surface area contributed by atoms with Crippen molar-refractivity contribution >= 4 is 34.7 Å². The molecule has 0 radical (unpaired) electrons. The molecule has 17 heavy (non-hydrogen) atoms. The third-order valence-corrected chi connectivity index (χ3v) is 2.82. The number of hydrogen-bond acceptors (Lipinski definition) is 2. The van der Waals surface area contributed by atoms with E-state index in [9.17, 15) is 22.5 Å². The maximum Gasteiger partial charge on any atom is 0.497 e. The summed E-state index contributed by atoms with van der Waals surface area (Å²) in [5, 5.41) is 0. The average Bonchev–Trinajstić information content (AvgIpc) is 2.42. The smallest absolute Gasteiger partial charge is 0.448 e. The van der Waals surface area contributed by atoms with Crippen LogP contribution in [-0.4, -0.2) is 30.1 Å². The van der Waals surface area contributed by atoms with E-state index in [-0.39, 0.29) is 16.0 Å². The third kappa shape index (κ3) is 2.22. The predicted octanol–water partition coefficient (Wildman–Crippen LogP) is 2.43.